The molecule has 2 atom stereocenters. The van der Waals surface area contributed by atoms with Gasteiger partial charge >= 0.3 is 12.1 Å². The Morgan fingerprint density at radius 2 is 2.10 bits per heavy atom. The van der Waals surface area contributed by atoms with Gasteiger partial charge in [-0.25, -0.2) is 4.79 Å². The number of carboxylic acid groups (broad SMARTS) is 1. The van der Waals surface area contributed by atoms with E-state index in [4.69, 9.17) is 23.8 Å². The van der Waals surface area contributed by atoms with Crippen LogP contribution in [0.3, 0.4) is 0 Å². The molecule has 1 aromatic heterocycles. The third kappa shape index (κ3) is 6.44. The van der Waals surface area contributed by atoms with E-state index in [0.717, 1.165) is 37.8 Å². The Morgan fingerprint density at radius 3 is 2.66 bits per heavy atom. The molecule has 0 aliphatic carbocycles. The Morgan fingerprint density at radius 1 is 1.41 bits per heavy atom. The summed E-state index contributed by atoms with van der Waals surface area (Å²) < 4.78 is 47.9. The minimum absolute atomic E-state index is 0.0189. The number of alkyl halides is 3. The van der Waals surface area contributed by atoms with Crippen molar-refractivity contribution in [3.8, 4) is 0 Å². The Labute approximate surface area is 165 Å². The number of carbonyl (C=O) groups is 2. The fourth-order valence-electron chi connectivity index (χ4n) is 3.56. The molecule has 29 heavy (non-hydrogen) atoms. The number of nitrogens with zero attached hydrogens (tertiary/aromatic N) is 1. The summed E-state index contributed by atoms with van der Waals surface area (Å²) in [5.41, 5.74) is 0.0189. The third-order valence-electron chi connectivity index (χ3n) is 4.92. The Balaban J connectivity index is 0.000000370. The number of furan rings is 1. The molecule has 164 valence electrons. The largest absolute Gasteiger partial charge is 0.490 e. The van der Waals surface area contributed by atoms with E-state index in [-0.39, 0.29) is 17.9 Å². The molecule has 0 radical (unpaired) electrons. The first-order valence-corrected chi connectivity index (χ1v) is 8.97. The fraction of sp³-hybridized carbons (Fsp3) is 0.667. The molecule has 0 bridgehead atoms. The van der Waals surface area contributed by atoms with Gasteiger partial charge in [0.1, 0.15) is 18.1 Å². The molecule has 8 nitrogen and oxygen atoms in total. The number of aryl methyl sites for hydroxylation is 1. The summed E-state index contributed by atoms with van der Waals surface area (Å²) >= 11 is 0. The van der Waals surface area contributed by atoms with Crippen molar-refractivity contribution in [1.82, 2.24) is 10.2 Å². The van der Waals surface area contributed by atoms with Gasteiger partial charge in [0, 0.05) is 38.1 Å². The van der Waals surface area contributed by atoms with Crippen LogP contribution in [0.5, 0.6) is 0 Å². The van der Waals surface area contributed by atoms with E-state index in [1.165, 1.54) is 7.11 Å². The first kappa shape index (κ1) is 23.2. The molecule has 0 spiro atoms. The van der Waals surface area contributed by atoms with Crippen molar-refractivity contribution in [2.75, 3.05) is 46.6 Å². The standard InChI is InChI=1S/C16H24N2O4.C2HF3O2/c1-12-3-4-14(22-12)6-18-5-13-7-21-11-16(13,10-18)9-17-15(19)8-20-2;3-2(4,5)1(6)7/h3-4,13H,5-11H2,1-2H3,(H,17,19);(H,6,7)/t13-,16+;/m1./s1. The number of ether oxygens (including phenoxy) is 2. The van der Waals surface area contributed by atoms with Crippen LogP contribution in [0.25, 0.3) is 0 Å². The van der Waals surface area contributed by atoms with Gasteiger partial charge in [0.05, 0.1) is 19.8 Å². The quantitative estimate of drug-likeness (QED) is 0.715. The van der Waals surface area contributed by atoms with Gasteiger partial charge < -0.3 is 24.3 Å². The van der Waals surface area contributed by atoms with Gasteiger partial charge in [0.25, 0.3) is 0 Å². The molecule has 0 unspecified atom stereocenters. The lowest BCUT2D eigenvalue weighted by atomic mass is 9.81. The van der Waals surface area contributed by atoms with Crippen molar-refractivity contribution in [1.29, 1.82) is 0 Å². The number of hydrogen-bond acceptors (Lipinski definition) is 6. The molecule has 0 saturated carbocycles. The first-order valence-electron chi connectivity index (χ1n) is 8.97. The molecule has 11 heteroatoms. The highest BCUT2D eigenvalue weighted by atomic mass is 19.4. The van der Waals surface area contributed by atoms with Crippen molar-refractivity contribution in [2.24, 2.45) is 11.3 Å². The molecule has 2 saturated heterocycles. The molecule has 3 rings (SSSR count). The number of carbonyl (C=O) groups excluding carboxylic acids is 1. The highest BCUT2D eigenvalue weighted by Gasteiger charge is 2.50. The second-order valence-corrected chi connectivity index (χ2v) is 7.27. The maximum Gasteiger partial charge on any atom is 0.490 e. The smallest absolute Gasteiger partial charge is 0.475 e. The van der Waals surface area contributed by atoms with Crippen molar-refractivity contribution >= 4 is 11.9 Å². The monoisotopic (exact) mass is 422 g/mol. The number of halogens is 3. The van der Waals surface area contributed by atoms with E-state index in [2.05, 4.69) is 10.2 Å². The maximum absolute atomic E-state index is 11.7. The Kier molecular flexibility index (Phi) is 7.66. The van der Waals surface area contributed by atoms with Gasteiger partial charge in [-0.3, -0.25) is 9.69 Å². The van der Waals surface area contributed by atoms with Crippen LogP contribution in [0.2, 0.25) is 0 Å². The van der Waals surface area contributed by atoms with Crippen LogP contribution in [-0.4, -0.2) is 74.6 Å². The summed E-state index contributed by atoms with van der Waals surface area (Å²) in [6.45, 7) is 6.92. The van der Waals surface area contributed by atoms with E-state index in [9.17, 15) is 18.0 Å². The molecular formula is C18H25F3N2O6. The Hall–Kier alpha value is -2.11. The van der Waals surface area contributed by atoms with E-state index >= 15 is 0 Å². The molecule has 2 aliphatic rings. The normalized spacial score (nSPS) is 24.0. The van der Waals surface area contributed by atoms with E-state index < -0.39 is 12.1 Å². The predicted octanol–water partition coefficient (Wildman–Crippen LogP) is 1.43. The summed E-state index contributed by atoms with van der Waals surface area (Å²) in [7, 11) is 1.53. The molecular weight excluding hydrogens is 397 g/mol. The summed E-state index contributed by atoms with van der Waals surface area (Å²) in [6, 6.07) is 4.03. The van der Waals surface area contributed by atoms with Gasteiger partial charge in [-0.15, -0.1) is 0 Å². The average molecular weight is 422 g/mol. The van der Waals surface area contributed by atoms with E-state index in [0.29, 0.717) is 19.1 Å². The van der Waals surface area contributed by atoms with Gasteiger partial charge in [0.2, 0.25) is 5.91 Å². The van der Waals surface area contributed by atoms with Crippen LogP contribution >= 0.6 is 0 Å². The number of carboxylic acids is 1. The van der Waals surface area contributed by atoms with Crippen LogP contribution in [0.15, 0.2) is 16.5 Å². The molecule has 2 N–H and O–H groups in total. The number of likely N-dealkylation sites (tertiary alicyclic amines) is 1. The molecule has 1 amide bonds. The topological polar surface area (TPSA) is 101 Å². The highest BCUT2D eigenvalue weighted by molar-refractivity contribution is 5.77. The highest BCUT2D eigenvalue weighted by Crippen LogP contribution is 2.41. The molecule has 3 heterocycles. The van der Waals surface area contributed by atoms with Crippen LogP contribution < -0.4 is 5.32 Å². The third-order valence-corrected chi connectivity index (χ3v) is 4.92. The summed E-state index contributed by atoms with van der Waals surface area (Å²) in [6.07, 6.45) is -5.08. The fourth-order valence-corrected chi connectivity index (χ4v) is 3.56. The Bertz CT molecular complexity index is 708. The van der Waals surface area contributed by atoms with E-state index in [1.54, 1.807) is 0 Å². The minimum atomic E-state index is -5.08. The minimum Gasteiger partial charge on any atom is -0.475 e. The van der Waals surface area contributed by atoms with Crippen molar-refractivity contribution < 1.29 is 41.8 Å². The molecule has 1 aromatic rings. The second-order valence-electron chi connectivity index (χ2n) is 7.27. The first-order chi connectivity index (χ1) is 13.6. The number of fused-ring (bicyclic) bond motifs is 1. The molecule has 0 aromatic carbocycles. The van der Waals surface area contributed by atoms with Crippen LogP contribution in [0.4, 0.5) is 13.2 Å². The number of methoxy groups -OCH3 is 1. The maximum atomic E-state index is 11.7. The molecule has 2 fully saturated rings. The SMILES string of the molecule is COCC(=O)NC[C@]12COC[C@H]1CN(Cc1ccc(C)o1)C2.O=C(O)C(F)(F)F. The predicted molar refractivity (Wildman–Crippen MR) is 94.0 cm³/mol. The summed E-state index contributed by atoms with van der Waals surface area (Å²) in [5.74, 6) is -0.419. The van der Waals surface area contributed by atoms with Crippen molar-refractivity contribution in [2.45, 2.75) is 19.6 Å². The lowest BCUT2D eigenvalue weighted by Gasteiger charge is -2.27. The number of amides is 1. The average Bonchev–Trinajstić information content (AvgIpc) is 3.27. The van der Waals surface area contributed by atoms with Crippen LogP contribution in [0.1, 0.15) is 11.5 Å². The van der Waals surface area contributed by atoms with Gasteiger partial charge in [-0.1, -0.05) is 0 Å². The number of aliphatic carboxylic acids is 1. The summed E-state index contributed by atoms with van der Waals surface area (Å²) in [4.78, 5) is 22.9. The number of nitrogens with one attached hydrogen (secondary N) is 1. The second kappa shape index (κ2) is 9.59. The van der Waals surface area contributed by atoms with Gasteiger partial charge in [0.15, 0.2) is 0 Å². The van der Waals surface area contributed by atoms with Crippen LogP contribution in [-0.2, 0) is 25.6 Å². The van der Waals surface area contributed by atoms with Crippen molar-refractivity contribution in [3.05, 3.63) is 23.7 Å². The van der Waals surface area contributed by atoms with Gasteiger partial charge in [-0.2, -0.15) is 13.2 Å². The van der Waals surface area contributed by atoms with Gasteiger partial charge in [-0.05, 0) is 19.1 Å². The zero-order chi connectivity index (χ0) is 21.7. The van der Waals surface area contributed by atoms with Crippen molar-refractivity contribution in [3.63, 3.8) is 0 Å². The van der Waals surface area contributed by atoms with Crippen LogP contribution in [0, 0.1) is 18.3 Å². The lowest BCUT2D eigenvalue weighted by molar-refractivity contribution is -0.192. The summed E-state index contributed by atoms with van der Waals surface area (Å²) in [5, 5.41) is 10.1. The lowest BCUT2D eigenvalue weighted by Crippen LogP contribution is -2.44. The van der Waals surface area contributed by atoms with E-state index in [1.807, 2.05) is 19.1 Å². The zero-order valence-electron chi connectivity index (χ0n) is 16.3. The number of hydrogen-bond donors (Lipinski definition) is 2. The number of rotatable bonds is 6. The zero-order valence-corrected chi connectivity index (χ0v) is 16.3. The molecule has 2 aliphatic heterocycles.